The van der Waals surface area contributed by atoms with Gasteiger partial charge in [-0.05, 0) is 32.1 Å². The zero-order valence-electron chi connectivity index (χ0n) is 8.59. The Morgan fingerprint density at radius 3 is 2.93 bits per heavy atom. The van der Waals surface area contributed by atoms with Gasteiger partial charge in [-0.2, -0.15) is 0 Å². The van der Waals surface area contributed by atoms with Gasteiger partial charge in [0, 0.05) is 19.8 Å². The molecule has 0 radical (unpaired) electrons. The van der Waals surface area contributed by atoms with Gasteiger partial charge in [0.2, 0.25) is 5.91 Å². The molecule has 1 unspecified atom stereocenters. The molecule has 1 N–H and O–H groups in total. The third-order valence-electron chi connectivity index (χ3n) is 2.18. The number of amides is 1. The van der Waals surface area contributed by atoms with Gasteiger partial charge in [-0.15, -0.1) is 11.6 Å². The van der Waals surface area contributed by atoms with Gasteiger partial charge in [-0.25, -0.2) is 0 Å². The number of halogens is 1. The van der Waals surface area contributed by atoms with E-state index in [0.29, 0.717) is 6.54 Å². The van der Waals surface area contributed by atoms with Gasteiger partial charge in [-0.1, -0.05) is 0 Å². The van der Waals surface area contributed by atoms with E-state index in [2.05, 4.69) is 5.32 Å². The number of nitrogens with one attached hydrogen (secondary N) is 1. The molecular formula is C10H18ClNO2. The van der Waals surface area contributed by atoms with Crippen molar-refractivity contribution in [3.8, 4) is 0 Å². The number of carbonyl (C=O) groups excluding carboxylic acids is 1. The van der Waals surface area contributed by atoms with Crippen molar-refractivity contribution < 1.29 is 9.53 Å². The first kappa shape index (κ1) is 11.8. The van der Waals surface area contributed by atoms with Crippen LogP contribution in [0.5, 0.6) is 0 Å². The lowest BCUT2D eigenvalue weighted by molar-refractivity contribution is -0.120. The zero-order valence-corrected chi connectivity index (χ0v) is 9.35. The smallest absolute Gasteiger partial charge is 0.237 e. The Balaban J connectivity index is 1.81. The normalized spacial score (nSPS) is 17.9. The van der Waals surface area contributed by atoms with E-state index in [1.165, 1.54) is 12.8 Å². The SMILES string of the molecule is CC(Cl)C(=O)NCCCOCC1CC1. The van der Waals surface area contributed by atoms with E-state index in [0.717, 1.165) is 25.6 Å². The molecule has 0 saturated heterocycles. The van der Waals surface area contributed by atoms with Crippen LogP contribution in [0.4, 0.5) is 0 Å². The lowest BCUT2D eigenvalue weighted by Gasteiger charge is -2.06. The fraction of sp³-hybridized carbons (Fsp3) is 0.900. The van der Waals surface area contributed by atoms with Crippen LogP contribution in [0.2, 0.25) is 0 Å². The second-order valence-corrected chi connectivity index (χ2v) is 4.43. The largest absolute Gasteiger partial charge is 0.381 e. The minimum Gasteiger partial charge on any atom is -0.381 e. The zero-order chi connectivity index (χ0) is 10.4. The maximum absolute atomic E-state index is 11.0. The number of hydrogen-bond acceptors (Lipinski definition) is 2. The van der Waals surface area contributed by atoms with Gasteiger partial charge in [0.1, 0.15) is 5.38 Å². The minimum absolute atomic E-state index is 0.103. The Bertz CT molecular complexity index is 181. The Labute approximate surface area is 90.1 Å². The quantitative estimate of drug-likeness (QED) is 0.521. The van der Waals surface area contributed by atoms with Crippen LogP contribution in [-0.4, -0.2) is 31.0 Å². The molecule has 4 heteroatoms. The fourth-order valence-corrected chi connectivity index (χ4v) is 1.14. The lowest BCUT2D eigenvalue weighted by Crippen LogP contribution is -2.30. The molecule has 0 heterocycles. The molecule has 0 aliphatic heterocycles. The summed E-state index contributed by atoms with van der Waals surface area (Å²) in [5, 5.41) is 2.29. The third kappa shape index (κ3) is 5.45. The molecule has 0 aromatic carbocycles. The highest BCUT2D eigenvalue weighted by Gasteiger charge is 2.20. The maximum atomic E-state index is 11.0. The Morgan fingerprint density at radius 1 is 1.64 bits per heavy atom. The van der Waals surface area contributed by atoms with E-state index < -0.39 is 5.38 Å². The first-order chi connectivity index (χ1) is 6.70. The predicted molar refractivity (Wildman–Crippen MR) is 56.5 cm³/mol. The van der Waals surface area contributed by atoms with Crippen molar-refractivity contribution in [3.63, 3.8) is 0 Å². The molecule has 0 spiro atoms. The highest BCUT2D eigenvalue weighted by atomic mass is 35.5. The number of carbonyl (C=O) groups is 1. The molecule has 1 fully saturated rings. The highest BCUT2D eigenvalue weighted by Crippen LogP contribution is 2.28. The number of ether oxygens (including phenoxy) is 1. The summed E-state index contributed by atoms with van der Waals surface area (Å²) in [5.74, 6) is 0.710. The van der Waals surface area contributed by atoms with Crippen LogP contribution in [0, 0.1) is 5.92 Å². The topological polar surface area (TPSA) is 38.3 Å². The molecular weight excluding hydrogens is 202 g/mol. The molecule has 1 aliphatic carbocycles. The van der Waals surface area contributed by atoms with Crippen LogP contribution in [0.15, 0.2) is 0 Å². The van der Waals surface area contributed by atoms with Gasteiger partial charge in [0.05, 0.1) is 0 Å². The summed E-state index contributed by atoms with van der Waals surface area (Å²) in [4.78, 5) is 11.0. The van der Waals surface area contributed by atoms with Crippen molar-refractivity contribution in [1.29, 1.82) is 0 Å². The van der Waals surface area contributed by atoms with Crippen molar-refractivity contribution in [3.05, 3.63) is 0 Å². The molecule has 0 bridgehead atoms. The Morgan fingerprint density at radius 2 is 2.36 bits per heavy atom. The predicted octanol–water partition coefficient (Wildman–Crippen LogP) is 1.55. The van der Waals surface area contributed by atoms with E-state index in [1.807, 2.05) is 0 Å². The van der Waals surface area contributed by atoms with Crippen molar-refractivity contribution >= 4 is 17.5 Å². The van der Waals surface area contributed by atoms with Crippen molar-refractivity contribution in [2.75, 3.05) is 19.8 Å². The van der Waals surface area contributed by atoms with Crippen LogP contribution in [-0.2, 0) is 9.53 Å². The summed E-state index contributed by atoms with van der Waals surface area (Å²) in [6.07, 6.45) is 3.50. The third-order valence-corrected chi connectivity index (χ3v) is 2.37. The molecule has 1 saturated carbocycles. The summed E-state index contributed by atoms with van der Waals surface area (Å²) in [6, 6.07) is 0. The standard InChI is InChI=1S/C10H18ClNO2/c1-8(11)10(13)12-5-2-6-14-7-9-3-4-9/h8-9H,2-7H2,1H3,(H,12,13). The fourth-order valence-electron chi connectivity index (χ4n) is 1.06. The maximum Gasteiger partial charge on any atom is 0.237 e. The average molecular weight is 220 g/mol. The first-order valence-electron chi connectivity index (χ1n) is 5.19. The minimum atomic E-state index is -0.442. The van der Waals surface area contributed by atoms with Crippen LogP contribution in [0.3, 0.4) is 0 Å². The molecule has 82 valence electrons. The Kier molecular flexibility index (Phi) is 5.26. The van der Waals surface area contributed by atoms with E-state index in [1.54, 1.807) is 6.92 Å². The van der Waals surface area contributed by atoms with Gasteiger partial charge in [0.15, 0.2) is 0 Å². The monoisotopic (exact) mass is 219 g/mol. The number of hydrogen-bond donors (Lipinski definition) is 1. The molecule has 3 nitrogen and oxygen atoms in total. The Hall–Kier alpha value is -0.280. The molecule has 0 aromatic rings. The molecule has 1 rings (SSSR count). The number of rotatable bonds is 7. The van der Waals surface area contributed by atoms with Crippen molar-refractivity contribution in [2.45, 2.75) is 31.6 Å². The summed E-state index contributed by atoms with van der Waals surface area (Å²) in [5.41, 5.74) is 0. The van der Waals surface area contributed by atoms with Crippen molar-refractivity contribution in [1.82, 2.24) is 5.32 Å². The van der Waals surface area contributed by atoms with Gasteiger partial charge < -0.3 is 10.1 Å². The molecule has 0 aromatic heterocycles. The van der Waals surface area contributed by atoms with E-state index in [-0.39, 0.29) is 5.91 Å². The first-order valence-corrected chi connectivity index (χ1v) is 5.63. The summed E-state index contributed by atoms with van der Waals surface area (Å²) in [7, 11) is 0. The molecule has 1 amide bonds. The van der Waals surface area contributed by atoms with Crippen LogP contribution in [0.25, 0.3) is 0 Å². The van der Waals surface area contributed by atoms with Gasteiger partial charge in [0.25, 0.3) is 0 Å². The van der Waals surface area contributed by atoms with Crippen molar-refractivity contribution in [2.24, 2.45) is 5.92 Å². The molecule has 1 aliphatic rings. The summed E-state index contributed by atoms with van der Waals surface area (Å²) in [6.45, 7) is 3.94. The van der Waals surface area contributed by atoms with Gasteiger partial charge in [-0.3, -0.25) is 4.79 Å². The average Bonchev–Trinajstić information content (AvgIpc) is 2.94. The van der Waals surface area contributed by atoms with E-state index in [4.69, 9.17) is 16.3 Å². The van der Waals surface area contributed by atoms with Gasteiger partial charge >= 0.3 is 0 Å². The molecule has 1 atom stereocenters. The van der Waals surface area contributed by atoms with E-state index >= 15 is 0 Å². The van der Waals surface area contributed by atoms with Crippen LogP contribution in [0.1, 0.15) is 26.2 Å². The highest BCUT2D eigenvalue weighted by molar-refractivity contribution is 6.30. The van der Waals surface area contributed by atoms with Crippen LogP contribution >= 0.6 is 11.6 Å². The summed E-state index contributed by atoms with van der Waals surface area (Å²) < 4.78 is 5.42. The van der Waals surface area contributed by atoms with Crippen LogP contribution < -0.4 is 5.32 Å². The second kappa shape index (κ2) is 6.25. The lowest BCUT2D eigenvalue weighted by atomic mass is 10.4. The second-order valence-electron chi connectivity index (χ2n) is 3.78. The number of alkyl halides is 1. The summed E-state index contributed by atoms with van der Waals surface area (Å²) >= 11 is 5.57. The van der Waals surface area contributed by atoms with E-state index in [9.17, 15) is 4.79 Å². The molecule has 14 heavy (non-hydrogen) atoms.